The molecule has 1 saturated heterocycles. The lowest BCUT2D eigenvalue weighted by molar-refractivity contribution is -0.221. The van der Waals surface area contributed by atoms with Crippen LogP contribution in [0.1, 0.15) is 132 Å². The molecule has 2 N–H and O–H groups in total. The van der Waals surface area contributed by atoms with E-state index in [1.165, 1.54) is 61.9 Å². The lowest BCUT2D eigenvalue weighted by atomic mass is 9.70. The Balaban J connectivity index is 1.17. The molecule has 5 aromatic carbocycles. The maximum atomic E-state index is 13.4. The molecule has 1 aromatic heterocycles. The molecule has 6 aromatic rings. The number of carbonyl (C=O) groups excluding carboxylic acids is 2. The number of benzene rings is 5. The van der Waals surface area contributed by atoms with Gasteiger partial charge in [-0.05, 0) is 144 Å². The van der Waals surface area contributed by atoms with Crippen LogP contribution in [-0.2, 0) is 25.4 Å². The number of urea groups is 1. The summed E-state index contributed by atoms with van der Waals surface area (Å²) in [5, 5.41) is 18.6. The zero-order chi connectivity index (χ0) is 49.2. The molecular weight excluding hydrogens is 891 g/mol. The highest BCUT2D eigenvalue weighted by Gasteiger charge is 2.47. The minimum atomic E-state index is -0.979. The van der Waals surface area contributed by atoms with Gasteiger partial charge in [0, 0.05) is 37.6 Å². The lowest BCUT2D eigenvalue weighted by Crippen LogP contribution is -2.32. The summed E-state index contributed by atoms with van der Waals surface area (Å²) < 4.78 is 0. The predicted molar refractivity (Wildman–Crippen MR) is 283 cm³/mol. The van der Waals surface area contributed by atoms with Crippen LogP contribution in [0.3, 0.4) is 0 Å². The number of amides is 3. The van der Waals surface area contributed by atoms with E-state index in [4.69, 9.17) is 0 Å². The minimum Gasteiger partial charge on any atom is -0.322 e. The normalized spacial score (nSPS) is 15.5. The van der Waals surface area contributed by atoms with Crippen molar-refractivity contribution in [2.45, 2.75) is 116 Å². The summed E-state index contributed by atoms with van der Waals surface area (Å²) in [6.07, 6.45) is 15.1. The molecule has 9 rings (SSSR count). The maximum Gasteiger partial charge on any atom is 0.345 e. The Morgan fingerprint density at radius 1 is 0.571 bits per heavy atom. The Labute approximate surface area is 416 Å². The molecule has 0 spiro atoms. The average Bonchev–Trinajstić information content (AvgIpc) is 4.11. The van der Waals surface area contributed by atoms with Crippen molar-refractivity contribution >= 4 is 46.4 Å². The van der Waals surface area contributed by atoms with E-state index >= 15 is 0 Å². The van der Waals surface area contributed by atoms with E-state index < -0.39 is 23.7 Å². The number of rotatable bonds is 21. The first-order valence-electron chi connectivity index (χ1n) is 25.0. The third-order valence-corrected chi connectivity index (χ3v) is 16.0. The molecule has 2 aliphatic carbocycles. The highest BCUT2D eigenvalue weighted by Crippen LogP contribution is 2.58. The molecule has 360 valence electrons. The monoisotopic (exact) mass is 953 g/mol. The quantitative estimate of drug-likeness (QED) is 0.0243. The van der Waals surface area contributed by atoms with Gasteiger partial charge in [0.25, 0.3) is 5.91 Å². The summed E-state index contributed by atoms with van der Waals surface area (Å²) in [6, 6.07) is 44.1. The van der Waals surface area contributed by atoms with Crippen molar-refractivity contribution in [1.82, 2.24) is 9.80 Å². The number of anilines is 3. The number of fused-ring (bicyclic) bond motifs is 6. The van der Waals surface area contributed by atoms with Gasteiger partial charge < -0.3 is 14.7 Å². The third-order valence-electron chi connectivity index (χ3n) is 14.9. The Bertz CT molecular complexity index is 2850. The molecule has 0 bridgehead atoms. The van der Waals surface area contributed by atoms with Gasteiger partial charge in [0.2, 0.25) is 11.8 Å². The lowest BCUT2D eigenvalue weighted by Gasteiger charge is -2.35. The first-order chi connectivity index (χ1) is 34.1. The molecule has 3 aliphatic rings. The van der Waals surface area contributed by atoms with Crippen LogP contribution in [0.5, 0.6) is 0 Å². The van der Waals surface area contributed by atoms with Crippen molar-refractivity contribution in [3.63, 3.8) is 0 Å². The molecule has 0 unspecified atom stereocenters. The van der Waals surface area contributed by atoms with Gasteiger partial charge in [-0.2, -0.15) is 4.90 Å². The average molecular weight is 954 g/mol. The minimum absolute atomic E-state index is 0.0740. The molecular formula is C60H63N3O6S. The maximum absolute atomic E-state index is 13.4. The Morgan fingerprint density at radius 3 is 1.49 bits per heavy atom. The topological polar surface area (TPSA) is 103 Å². The molecule has 2 heterocycles. The van der Waals surface area contributed by atoms with Crippen LogP contribution in [0, 0.1) is 0 Å². The van der Waals surface area contributed by atoms with E-state index in [1.807, 2.05) is 12.1 Å². The van der Waals surface area contributed by atoms with Crippen molar-refractivity contribution < 1.29 is 29.9 Å². The van der Waals surface area contributed by atoms with Gasteiger partial charge in [-0.1, -0.05) is 152 Å². The van der Waals surface area contributed by atoms with Gasteiger partial charge in [-0.25, -0.2) is 20.2 Å². The molecule has 10 heteroatoms. The highest BCUT2D eigenvalue weighted by molar-refractivity contribution is 7.16. The summed E-state index contributed by atoms with van der Waals surface area (Å²) in [4.78, 5) is 40.3. The number of carbonyl (C=O) groups is 2. The van der Waals surface area contributed by atoms with Gasteiger partial charge in [-0.15, -0.1) is 11.3 Å². The fourth-order valence-electron chi connectivity index (χ4n) is 11.5. The van der Waals surface area contributed by atoms with Crippen LogP contribution in [0.15, 0.2) is 152 Å². The van der Waals surface area contributed by atoms with Crippen molar-refractivity contribution in [3.05, 3.63) is 179 Å². The van der Waals surface area contributed by atoms with Gasteiger partial charge in [0.1, 0.15) is 5.70 Å². The number of unbranched alkanes of at least 4 members (excludes halogenated alkanes) is 4. The zero-order valence-corrected chi connectivity index (χ0v) is 41.6. The second kappa shape index (κ2) is 20.3. The van der Waals surface area contributed by atoms with Crippen molar-refractivity contribution in [3.8, 4) is 32.7 Å². The summed E-state index contributed by atoms with van der Waals surface area (Å²) in [5.41, 5.74) is 15.1. The van der Waals surface area contributed by atoms with Gasteiger partial charge >= 0.3 is 6.03 Å². The Kier molecular flexibility index (Phi) is 14.0. The third kappa shape index (κ3) is 8.25. The van der Waals surface area contributed by atoms with E-state index in [-0.39, 0.29) is 16.5 Å². The summed E-state index contributed by atoms with van der Waals surface area (Å²) in [7, 11) is 0. The second-order valence-corrected chi connectivity index (χ2v) is 20.1. The molecule has 0 saturated carbocycles. The van der Waals surface area contributed by atoms with E-state index in [0.717, 1.165) is 109 Å². The summed E-state index contributed by atoms with van der Waals surface area (Å²) in [5.74, 6) is -1.95. The zero-order valence-electron chi connectivity index (χ0n) is 40.8. The molecule has 70 heavy (non-hydrogen) atoms. The Morgan fingerprint density at radius 2 is 1.01 bits per heavy atom. The van der Waals surface area contributed by atoms with E-state index in [0.29, 0.717) is 9.78 Å². The fourth-order valence-corrected chi connectivity index (χ4v) is 12.5. The number of hydrogen-bond donors (Lipinski definition) is 2. The van der Waals surface area contributed by atoms with Gasteiger partial charge in [0.15, 0.2) is 0 Å². The van der Waals surface area contributed by atoms with Crippen molar-refractivity contribution in [1.29, 1.82) is 0 Å². The first-order valence-corrected chi connectivity index (χ1v) is 25.8. The molecule has 0 atom stereocenters. The fraction of sp³-hybridized carbons (Fsp3) is 0.300. The number of imide groups is 1. The van der Waals surface area contributed by atoms with E-state index in [9.17, 15) is 20.1 Å². The summed E-state index contributed by atoms with van der Waals surface area (Å²) >= 11 is 1.43. The van der Waals surface area contributed by atoms with Crippen molar-refractivity contribution in [2.24, 2.45) is 0 Å². The van der Waals surface area contributed by atoms with E-state index in [2.05, 4.69) is 165 Å². The summed E-state index contributed by atoms with van der Waals surface area (Å²) in [6.45, 7) is 16.2. The van der Waals surface area contributed by atoms with E-state index in [1.54, 1.807) is 0 Å². The smallest absolute Gasteiger partial charge is 0.322 e. The molecule has 3 amide bonds. The van der Waals surface area contributed by atoms with Crippen LogP contribution in [0.4, 0.5) is 21.9 Å². The number of hydrogen-bond acceptors (Lipinski definition) is 8. The number of nitrogens with zero attached hydrogens (tertiary/aromatic N) is 3. The number of thiophene rings is 1. The molecule has 0 radical (unpaired) electrons. The van der Waals surface area contributed by atoms with Crippen molar-refractivity contribution in [2.75, 3.05) is 4.90 Å². The van der Waals surface area contributed by atoms with Crippen LogP contribution in [0.25, 0.3) is 38.8 Å². The standard InChI is InChI=1S/C60H63N3O6S/c1-7-11-33-59(34-12-8-2)51-21-17-15-19-47(51)49-30-27-44(37-53(49)59)63(45-28-31-50-48-20-16-18-22-52(48)60(35-13-9-3,36-14-10-4)54(50)38-45)43-25-23-42(24-26-43)56-32-29-46(70-56)39-55-57(64)62(41(6)69-67)58(65)61(55)40(5)68-66/h15-32,37-39,66-67H,5-14,33-36H2,1-4H3/b55-39+. The Hall–Kier alpha value is -6.72. The molecule has 1 fully saturated rings. The highest BCUT2D eigenvalue weighted by atomic mass is 32.1. The van der Waals surface area contributed by atoms with Crippen LogP contribution in [0.2, 0.25) is 0 Å². The molecule has 1 aliphatic heterocycles. The largest absolute Gasteiger partial charge is 0.345 e. The van der Waals surface area contributed by atoms with Gasteiger partial charge in [0.05, 0.1) is 0 Å². The first kappa shape index (κ1) is 48.3. The van der Waals surface area contributed by atoms with Crippen LogP contribution in [-0.4, -0.2) is 32.3 Å². The van der Waals surface area contributed by atoms with Gasteiger partial charge in [-0.3, -0.25) is 4.79 Å². The molecule has 9 nitrogen and oxygen atoms in total. The van der Waals surface area contributed by atoms with Crippen LogP contribution < -0.4 is 4.90 Å². The van der Waals surface area contributed by atoms with Crippen LogP contribution >= 0.6 is 11.3 Å². The SMILES string of the molecule is C=C(OO)N1C(=O)/C(=C\c2ccc(-c3ccc(N(c4ccc5c(c4)C(CCCC)(CCCC)c4ccccc4-5)c4ccc5c(c4)C(CCCC)(CCCC)c4ccccc4-5)cc3)s2)N(C(=C)OO)C1=O. The predicted octanol–water partition coefficient (Wildman–Crippen LogP) is 16.7. The second-order valence-electron chi connectivity index (χ2n) is 19.0.